The Balaban J connectivity index is 1.25. The molecule has 0 bridgehead atoms. The topological polar surface area (TPSA) is 31.0 Å². The SMILES string of the molecule is c1ccc2c(-c3cccc4oc(-c5ccc(-n6c7ccccc7c7ccccc76)cc5)nc34)cccc2c1. The van der Waals surface area contributed by atoms with E-state index in [0.29, 0.717) is 5.89 Å². The molecule has 0 saturated heterocycles. The first-order chi connectivity index (χ1) is 18.8. The van der Waals surface area contributed by atoms with Crippen molar-refractivity contribution < 1.29 is 4.42 Å². The quantitative estimate of drug-likeness (QED) is 0.249. The summed E-state index contributed by atoms with van der Waals surface area (Å²) in [5.74, 6) is 0.626. The molecule has 0 fully saturated rings. The molecule has 0 spiro atoms. The van der Waals surface area contributed by atoms with Crippen LogP contribution in [0, 0.1) is 0 Å². The van der Waals surface area contributed by atoms with Gasteiger partial charge in [-0.05, 0) is 58.8 Å². The zero-order chi connectivity index (χ0) is 25.1. The Labute approximate surface area is 219 Å². The van der Waals surface area contributed by atoms with Gasteiger partial charge in [0.15, 0.2) is 5.58 Å². The lowest BCUT2D eigenvalue weighted by Gasteiger charge is -2.08. The van der Waals surface area contributed by atoms with Gasteiger partial charge in [-0.2, -0.15) is 0 Å². The van der Waals surface area contributed by atoms with Crippen LogP contribution >= 0.6 is 0 Å². The second-order valence-corrected chi connectivity index (χ2v) is 9.61. The summed E-state index contributed by atoms with van der Waals surface area (Å²) in [5, 5.41) is 4.94. The number of para-hydroxylation sites is 3. The third-order valence-electron chi connectivity index (χ3n) is 7.45. The number of nitrogens with zero attached hydrogens (tertiary/aromatic N) is 2. The molecule has 0 N–H and O–H groups in total. The van der Waals surface area contributed by atoms with Gasteiger partial charge in [0.1, 0.15) is 5.52 Å². The van der Waals surface area contributed by atoms with Crippen LogP contribution in [0.5, 0.6) is 0 Å². The van der Waals surface area contributed by atoms with Crippen LogP contribution in [0.3, 0.4) is 0 Å². The Kier molecular flexibility index (Phi) is 4.52. The van der Waals surface area contributed by atoms with Crippen molar-refractivity contribution in [1.29, 1.82) is 0 Å². The molecule has 2 aromatic heterocycles. The van der Waals surface area contributed by atoms with Gasteiger partial charge in [0.05, 0.1) is 11.0 Å². The van der Waals surface area contributed by atoms with Gasteiger partial charge < -0.3 is 8.98 Å². The van der Waals surface area contributed by atoms with Crippen molar-refractivity contribution in [3.63, 3.8) is 0 Å². The number of rotatable bonds is 3. The van der Waals surface area contributed by atoms with E-state index in [1.54, 1.807) is 0 Å². The summed E-state index contributed by atoms with van der Waals surface area (Å²) in [5.41, 5.74) is 8.37. The molecule has 0 aliphatic carbocycles. The van der Waals surface area contributed by atoms with Crippen LogP contribution in [-0.4, -0.2) is 9.55 Å². The number of aromatic nitrogens is 2. The van der Waals surface area contributed by atoms with Gasteiger partial charge in [-0.3, -0.25) is 0 Å². The molecule has 0 radical (unpaired) electrons. The van der Waals surface area contributed by atoms with Crippen LogP contribution in [0.2, 0.25) is 0 Å². The van der Waals surface area contributed by atoms with Crippen LogP contribution in [0.1, 0.15) is 0 Å². The molecule has 8 rings (SSSR count). The minimum Gasteiger partial charge on any atom is -0.436 e. The number of fused-ring (bicyclic) bond motifs is 5. The molecular formula is C35H22N2O. The maximum absolute atomic E-state index is 6.28. The number of oxazole rings is 1. The molecule has 0 atom stereocenters. The van der Waals surface area contributed by atoms with E-state index < -0.39 is 0 Å². The van der Waals surface area contributed by atoms with E-state index in [4.69, 9.17) is 9.40 Å². The molecule has 0 unspecified atom stereocenters. The fourth-order valence-electron chi connectivity index (χ4n) is 5.70. The fourth-order valence-corrected chi connectivity index (χ4v) is 5.70. The van der Waals surface area contributed by atoms with E-state index in [2.05, 4.69) is 126 Å². The van der Waals surface area contributed by atoms with Crippen molar-refractivity contribution in [2.24, 2.45) is 0 Å². The normalized spacial score (nSPS) is 11.7. The van der Waals surface area contributed by atoms with Crippen molar-refractivity contribution in [2.75, 3.05) is 0 Å². The largest absolute Gasteiger partial charge is 0.436 e. The zero-order valence-corrected chi connectivity index (χ0v) is 20.5. The first-order valence-electron chi connectivity index (χ1n) is 12.8. The predicted molar refractivity (Wildman–Crippen MR) is 157 cm³/mol. The molecule has 8 aromatic rings. The molecule has 0 saturated carbocycles. The third-order valence-corrected chi connectivity index (χ3v) is 7.45. The first kappa shape index (κ1) is 21.0. The van der Waals surface area contributed by atoms with Gasteiger partial charge in [0, 0.05) is 27.6 Å². The van der Waals surface area contributed by atoms with Crippen molar-refractivity contribution in [2.45, 2.75) is 0 Å². The standard InChI is InChI=1S/C35H22N2O/c1-2-11-26-23(9-1)10-7-14-27(26)30-15-8-18-33-34(30)36-35(38-33)24-19-21-25(22-20-24)37-31-16-5-3-12-28(31)29-13-4-6-17-32(29)37/h1-22H. The summed E-state index contributed by atoms with van der Waals surface area (Å²) in [4.78, 5) is 4.98. The van der Waals surface area contributed by atoms with Crippen molar-refractivity contribution in [3.8, 4) is 28.3 Å². The molecular weight excluding hydrogens is 464 g/mol. The lowest BCUT2D eigenvalue weighted by Crippen LogP contribution is -1.93. The molecule has 3 heteroatoms. The minimum atomic E-state index is 0.626. The van der Waals surface area contributed by atoms with Crippen LogP contribution in [-0.2, 0) is 0 Å². The Morgan fingerprint density at radius 2 is 1.11 bits per heavy atom. The second kappa shape index (κ2) is 8.19. The van der Waals surface area contributed by atoms with Gasteiger partial charge in [0.2, 0.25) is 5.89 Å². The number of benzene rings is 6. The van der Waals surface area contributed by atoms with Gasteiger partial charge in [-0.15, -0.1) is 0 Å². The Hall–Kier alpha value is -5.15. The molecule has 0 amide bonds. The van der Waals surface area contributed by atoms with E-state index in [1.165, 1.54) is 32.6 Å². The first-order valence-corrected chi connectivity index (χ1v) is 12.8. The summed E-state index contributed by atoms with van der Waals surface area (Å²) in [6.45, 7) is 0. The van der Waals surface area contributed by atoms with Crippen molar-refractivity contribution in [3.05, 3.63) is 133 Å². The maximum Gasteiger partial charge on any atom is 0.227 e. The summed E-state index contributed by atoms with van der Waals surface area (Å²) in [6, 6.07) is 46.6. The number of hydrogen-bond acceptors (Lipinski definition) is 2. The molecule has 2 heterocycles. The highest BCUT2D eigenvalue weighted by atomic mass is 16.3. The summed E-state index contributed by atoms with van der Waals surface area (Å²) in [7, 11) is 0. The summed E-state index contributed by atoms with van der Waals surface area (Å²) < 4.78 is 8.60. The van der Waals surface area contributed by atoms with Crippen LogP contribution in [0.4, 0.5) is 0 Å². The highest BCUT2D eigenvalue weighted by Crippen LogP contribution is 2.36. The van der Waals surface area contributed by atoms with Crippen molar-refractivity contribution in [1.82, 2.24) is 9.55 Å². The van der Waals surface area contributed by atoms with Crippen LogP contribution in [0.25, 0.3) is 71.9 Å². The molecule has 178 valence electrons. The molecule has 6 aromatic carbocycles. The Morgan fingerprint density at radius 1 is 0.500 bits per heavy atom. The molecule has 0 aliphatic rings. The van der Waals surface area contributed by atoms with Gasteiger partial charge >= 0.3 is 0 Å². The van der Waals surface area contributed by atoms with E-state index in [9.17, 15) is 0 Å². The van der Waals surface area contributed by atoms with E-state index in [1.807, 2.05) is 12.1 Å². The molecule has 38 heavy (non-hydrogen) atoms. The van der Waals surface area contributed by atoms with E-state index in [0.717, 1.165) is 33.5 Å². The smallest absolute Gasteiger partial charge is 0.227 e. The zero-order valence-electron chi connectivity index (χ0n) is 20.5. The lowest BCUT2D eigenvalue weighted by atomic mass is 9.97. The molecule has 0 aliphatic heterocycles. The van der Waals surface area contributed by atoms with Gasteiger partial charge in [-0.25, -0.2) is 4.98 Å². The summed E-state index contributed by atoms with van der Waals surface area (Å²) >= 11 is 0. The lowest BCUT2D eigenvalue weighted by molar-refractivity contribution is 0.620. The summed E-state index contributed by atoms with van der Waals surface area (Å²) in [6.07, 6.45) is 0. The minimum absolute atomic E-state index is 0.626. The van der Waals surface area contributed by atoms with Crippen LogP contribution < -0.4 is 0 Å². The van der Waals surface area contributed by atoms with Crippen LogP contribution in [0.15, 0.2) is 138 Å². The molecule has 3 nitrogen and oxygen atoms in total. The average Bonchev–Trinajstić information content (AvgIpc) is 3.57. The maximum atomic E-state index is 6.28. The third kappa shape index (κ3) is 3.12. The Bertz CT molecular complexity index is 2070. The second-order valence-electron chi connectivity index (χ2n) is 9.61. The average molecular weight is 487 g/mol. The van der Waals surface area contributed by atoms with Gasteiger partial charge in [-0.1, -0.05) is 91.0 Å². The number of hydrogen-bond donors (Lipinski definition) is 0. The predicted octanol–water partition coefficient (Wildman–Crippen LogP) is 9.41. The van der Waals surface area contributed by atoms with E-state index >= 15 is 0 Å². The van der Waals surface area contributed by atoms with E-state index in [-0.39, 0.29) is 0 Å². The fraction of sp³-hybridized carbons (Fsp3) is 0. The van der Waals surface area contributed by atoms with Gasteiger partial charge in [0.25, 0.3) is 0 Å². The highest BCUT2D eigenvalue weighted by Gasteiger charge is 2.16. The van der Waals surface area contributed by atoms with Crippen molar-refractivity contribution >= 4 is 43.7 Å². The Morgan fingerprint density at radius 3 is 1.87 bits per heavy atom. The monoisotopic (exact) mass is 486 g/mol. The highest BCUT2D eigenvalue weighted by molar-refractivity contribution is 6.09.